The zero-order valence-corrected chi connectivity index (χ0v) is 12.6. The molecule has 0 unspecified atom stereocenters. The van der Waals surface area contributed by atoms with Crippen LogP contribution in [0.5, 0.6) is 0 Å². The third-order valence-corrected chi connectivity index (χ3v) is 4.12. The summed E-state index contributed by atoms with van der Waals surface area (Å²) in [7, 11) is 0. The number of aliphatic carboxylic acids is 1. The molecule has 21 heavy (non-hydrogen) atoms. The number of carboxylic acid groups (broad SMARTS) is 1. The standard InChI is InChI=1S/C14H16N2O4S/c1-8-3-4-10(9(2)7-8)15-12-13(19)16(14(20)21-12)6-5-11(17)18/h3-4,7,12,15H,5-6H2,1-2H3,(H,17,18)/t12-/m1/s1. The van der Waals surface area contributed by atoms with E-state index in [0.29, 0.717) is 0 Å². The van der Waals surface area contributed by atoms with Crippen molar-refractivity contribution in [3.05, 3.63) is 29.3 Å². The van der Waals surface area contributed by atoms with E-state index in [9.17, 15) is 14.4 Å². The first-order valence-electron chi connectivity index (χ1n) is 6.46. The zero-order chi connectivity index (χ0) is 15.6. The van der Waals surface area contributed by atoms with Crippen LogP contribution in [0, 0.1) is 13.8 Å². The van der Waals surface area contributed by atoms with E-state index in [1.165, 1.54) is 0 Å². The van der Waals surface area contributed by atoms with Crippen LogP contribution in [0.15, 0.2) is 18.2 Å². The van der Waals surface area contributed by atoms with Crippen molar-refractivity contribution in [1.82, 2.24) is 4.90 Å². The molecule has 0 aromatic heterocycles. The fourth-order valence-electron chi connectivity index (χ4n) is 2.06. The van der Waals surface area contributed by atoms with Crippen LogP contribution in [0.3, 0.4) is 0 Å². The van der Waals surface area contributed by atoms with Gasteiger partial charge in [0, 0.05) is 12.2 Å². The molecule has 0 aliphatic carbocycles. The lowest BCUT2D eigenvalue weighted by Crippen LogP contribution is -2.35. The molecule has 1 fully saturated rings. The van der Waals surface area contributed by atoms with E-state index >= 15 is 0 Å². The molecule has 0 radical (unpaired) electrons. The molecular formula is C14H16N2O4S. The van der Waals surface area contributed by atoms with Crippen molar-refractivity contribution in [2.24, 2.45) is 0 Å². The molecule has 2 rings (SSSR count). The lowest BCUT2D eigenvalue weighted by molar-refractivity contribution is -0.137. The number of benzene rings is 1. The molecule has 1 saturated heterocycles. The number of carbonyl (C=O) groups excluding carboxylic acids is 2. The van der Waals surface area contributed by atoms with Crippen LogP contribution in [0.25, 0.3) is 0 Å². The summed E-state index contributed by atoms with van der Waals surface area (Å²) in [5.74, 6) is -1.43. The van der Waals surface area contributed by atoms with E-state index in [-0.39, 0.29) is 13.0 Å². The highest BCUT2D eigenvalue weighted by atomic mass is 32.2. The van der Waals surface area contributed by atoms with Gasteiger partial charge in [-0.1, -0.05) is 17.7 Å². The minimum absolute atomic E-state index is 0.0922. The molecule has 1 aromatic rings. The average Bonchev–Trinajstić information content (AvgIpc) is 2.65. The van der Waals surface area contributed by atoms with E-state index < -0.39 is 22.5 Å². The highest BCUT2D eigenvalue weighted by Crippen LogP contribution is 2.29. The Morgan fingerprint density at radius 3 is 2.71 bits per heavy atom. The molecule has 1 aliphatic rings. The number of amides is 2. The van der Waals surface area contributed by atoms with Gasteiger partial charge in [-0.05, 0) is 37.2 Å². The fraction of sp³-hybridized carbons (Fsp3) is 0.357. The Morgan fingerprint density at radius 2 is 2.10 bits per heavy atom. The predicted molar refractivity (Wildman–Crippen MR) is 80.3 cm³/mol. The Bertz CT molecular complexity index is 603. The van der Waals surface area contributed by atoms with Gasteiger partial charge >= 0.3 is 5.97 Å². The van der Waals surface area contributed by atoms with Crippen molar-refractivity contribution < 1.29 is 19.5 Å². The van der Waals surface area contributed by atoms with Gasteiger partial charge in [0.15, 0.2) is 5.37 Å². The van der Waals surface area contributed by atoms with Gasteiger partial charge in [0.25, 0.3) is 11.1 Å². The van der Waals surface area contributed by atoms with Gasteiger partial charge in [0.2, 0.25) is 0 Å². The second-order valence-corrected chi connectivity index (χ2v) is 5.92. The smallest absolute Gasteiger partial charge is 0.305 e. The van der Waals surface area contributed by atoms with Gasteiger partial charge in [-0.15, -0.1) is 0 Å². The molecule has 1 atom stereocenters. The lowest BCUT2D eigenvalue weighted by Gasteiger charge is -2.15. The first kappa shape index (κ1) is 15.4. The molecule has 112 valence electrons. The normalized spacial score (nSPS) is 18.2. The topological polar surface area (TPSA) is 86.7 Å². The van der Waals surface area contributed by atoms with Crippen LogP contribution >= 0.6 is 11.8 Å². The molecule has 0 saturated carbocycles. The summed E-state index contributed by atoms with van der Waals surface area (Å²) in [6.07, 6.45) is -0.242. The maximum atomic E-state index is 12.1. The fourth-order valence-corrected chi connectivity index (χ4v) is 2.99. The van der Waals surface area contributed by atoms with Crippen molar-refractivity contribution in [2.75, 3.05) is 11.9 Å². The summed E-state index contributed by atoms with van der Waals surface area (Å²) >= 11 is 0.875. The number of carbonyl (C=O) groups is 3. The molecule has 2 N–H and O–H groups in total. The summed E-state index contributed by atoms with van der Waals surface area (Å²) in [6.45, 7) is 3.80. The molecule has 0 bridgehead atoms. The monoisotopic (exact) mass is 308 g/mol. The molecule has 1 aliphatic heterocycles. The lowest BCUT2D eigenvalue weighted by atomic mass is 10.1. The van der Waals surface area contributed by atoms with Crippen molar-refractivity contribution in [2.45, 2.75) is 25.6 Å². The third-order valence-electron chi connectivity index (χ3n) is 3.15. The van der Waals surface area contributed by atoms with E-state index in [0.717, 1.165) is 33.5 Å². The summed E-state index contributed by atoms with van der Waals surface area (Å²) < 4.78 is 0. The van der Waals surface area contributed by atoms with Crippen molar-refractivity contribution in [3.8, 4) is 0 Å². The second kappa shape index (κ2) is 6.17. The SMILES string of the molecule is Cc1ccc(N[C@@H]2SC(=O)N(CCC(=O)O)C2=O)c(C)c1. The average molecular weight is 308 g/mol. The number of anilines is 1. The Morgan fingerprint density at radius 1 is 1.38 bits per heavy atom. The van der Waals surface area contributed by atoms with Crippen molar-refractivity contribution >= 4 is 34.6 Å². The van der Waals surface area contributed by atoms with Crippen LogP contribution in [0.2, 0.25) is 0 Å². The highest BCUT2D eigenvalue weighted by Gasteiger charge is 2.39. The number of nitrogens with one attached hydrogen (secondary N) is 1. The summed E-state index contributed by atoms with van der Waals surface area (Å²) in [5.41, 5.74) is 2.89. The number of aryl methyl sites for hydroxylation is 2. The number of nitrogens with zero attached hydrogens (tertiary/aromatic N) is 1. The van der Waals surface area contributed by atoms with Gasteiger partial charge < -0.3 is 10.4 Å². The molecule has 2 amide bonds. The molecule has 7 heteroatoms. The van der Waals surface area contributed by atoms with Gasteiger partial charge in [0.05, 0.1) is 6.42 Å². The van der Waals surface area contributed by atoms with Crippen molar-refractivity contribution in [3.63, 3.8) is 0 Å². The van der Waals surface area contributed by atoms with Crippen molar-refractivity contribution in [1.29, 1.82) is 0 Å². The maximum absolute atomic E-state index is 12.1. The number of hydrogen-bond donors (Lipinski definition) is 2. The third kappa shape index (κ3) is 3.55. The molecule has 1 heterocycles. The van der Waals surface area contributed by atoms with Crippen LogP contribution < -0.4 is 5.32 Å². The summed E-state index contributed by atoms with van der Waals surface area (Å²) in [6, 6.07) is 5.77. The van der Waals surface area contributed by atoms with E-state index in [4.69, 9.17) is 5.11 Å². The highest BCUT2D eigenvalue weighted by molar-refractivity contribution is 8.15. The molecular weight excluding hydrogens is 292 g/mol. The molecule has 1 aromatic carbocycles. The van der Waals surface area contributed by atoms with Gasteiger partial charge in [-0.25, -0.2) is 0 Å². The van der Waals surface area contributed by atoms with Gasteiger partial charge in [-0.3, -0.25) is 19.3 Å². The van der Waals surface area contributed by atoms with E-state index in [1.54, 1.807) is 0 Å². The van der Waals surface area contributed by atoms with Gasteiger partial charge in [0.1, 0.15) is 0 Å². The number of hydrogen-bond acceptors (Lipinski definition) is 5. The first-order valence-corrected chi connectivity index (χ1v) is 7.34. The van der Waals surface area contributed by atoms with Crippen LogP contribution in [-0.2, 0) is 9.59 Å². The van der Waals surface area contributed by atoms with Gasteiger partial charge in [-0.2, -0.15) is 0 Å². The zero-order valence-electron chi connectivity index (χ0n) is 11.8. The molecule has 0 spiro atoms. The van der Waals surface area contributed by atoms with Crippen LogP contribution in [0.4, 0.5) is 10.5 Å². The summed E-state index contributed by atoms with van der Waals surface area (Å²) in [5, 5.41) is 10.6. The number of carboxylic acids is 1. The minimum atomic E-state index is -1.04. The number of imide groups is 1. The Hall–Kier alpha value is -2.02. The largest absolute Gasteiger partial charge is 0.481 e. The predicted octanol–water partition coefficient (Wildman–Crippen LogP) is 2.21. The number of rotatable bonds is 5. The number of thioether (sulfide) groups is 1. The van der Waals surface area contributed by atoms with Crippen LogP contribution in [0.1, 0.15) is 17.5 Å². The minimum Gasteiger partial charge on any atom is -0.481 e. The summed E-state index contributed by atoms with van der Waals surface area (Å²) in [4.78, 5) is 35.4. The van der Waals surface area contributed by atoms with E-state index in [2.05, 4.69) is 5.32 Å². The Kier molecular flexibility index (Phi) is 4.52. The second-order valence-electron chi connectivity index (χ2n) is 4.86. The quantitative estimate of drug-likeness (QED) is 0.867. The first-order chi connectivity index (χ1) is 9.88. The van der Waals surface area contributed by atoms with E-state index in [1.807, 2.05) is 32.0 Å². The molecule has 6 nitrogen and oxygen atoms in total. The Balaban J connectivity index is 2.06. The van der Waals surface area contributed by atoms with Crippen LogP contribution in [-0.4, -0.2) is 39.0 Å². The maximum Gasteiger partial charge on any atom is 0.305 e. The Labute approximate surface area is 126 Å².